The molecule has 5 nitrogen and oxygen atoms in total. The highest BCUT2D eigenvalue weighted by Gasteiger charge is 2.09. The highest BCUT2D eigenvalue weighted by Crippen LogP contribution is 2.27. The van der Waals surface area contributed by atoms with Crippen molar-refractivity contribution in [3.63, 3.8) is 0 Å². The third-order valence-corrected chi connectivity index (χ3v) is 2.19. The predicted molar refractivity (Wildman–Crippen MR) is 61.1 cm³/mol. The van der Waals surface area contributed by atoms with E-state index in [-0.39, 0.29) is 5.84 Å². The number of para-hydroxylation sites is 1. The Hall–Kier alpha value is -2.43. The zero-order valence-corrected chi connectivity index (χ0v) is 8.42. The lowest BCUT2D eigenvalue weighted by Gasteiger charge is -2.00. The van der Waals surface area contributed by atoms with Gasteiger partial charge in [0.15, 0.2) is 5.76 Å². The molecule has 1 heterocycles. The van der Waals surface area contributed by atoms with Gasteiger partial charge in [0.05, 0.1) is 0 Å². The quantitative estimate of drug-likeness (QED) is 0.234. The molecule has 0 spiro atoms. The third kappa shape index (κ3) is 1.70. The molecule has 0 atom stereocenters. The van der Waals surface area contributed by atoms with Gasteiger partial charge in [-0.2, -0.15) is 0 Å². The molecule has 0 radical (unpaired) electrons. The van der Waals surface area contributed by atoms with Gasteiger partial charge in [0, 0.05) is 11.3 Å². The summed E-state index contributed by atoms with van der Waals surface area (Å²) in [6.45, 7) is 0. The first-order chi connectivity index (χ1) is 7.72. The van der Waals surface area contributed by atoms with Crippen LogP contribution in [0.4, 0.5) is 5.69 Å². The number of benzene rings is 1. The Bertz CT molecular complexity index is 532. The minimum atomic E-state index is -0.0687. The molecule has 1 aromatic heterocycles. The smallest absolute Gasteiger partial charge is 0.205 e. The molecule has 0 unspecified atom stereocenters. The molecule has 0 amide bonds. The van der Waals surface area contributed by atoms with E-state index in [1.165, 1.54) is 0 Å². The molecule has 0 aliphatic rings. The molecule has 0 saturated carbocycles. The van der Waals surface area contributed by atoms with Crippen molar-refractivity contribution in [2.24, 2.45) is 10.9 Å². The zero-order chi connectivity index (χ0) is 11.5. The first kappa shape index (κ1) is 10.1. The fraction of sp³-hybridized carbons (Fsp3) is 0. The van der Waals surface area contributed by atoms with E-state index in [2.05, 4.69) is 5.16 Å². The van der Waals surface area contributed by atoms with Crippen molar-refractivity contribution in [1.82, 2.24) is 0 Å². The molecule has 2 rings (SSSR count). The molecule has 0 saturated heterocycles. The van der Waals surface area contributed by atoms with Gasteiger partial charge in [-0.25, -0.2) is 0 Å². The number of oxime groups is 1. The van der Waals surface area contributed by atoms with Crippen molar-refractivity contribution in [3.05, 3.63) is 42.2 Å². The van der Waals surface area contributed by atoms with Crippen LogP contribution in [0, 0.1) is 0 Å². The first-order valence-electron chi connectivity index (χ1n) is 4.65. The van der Waals surface area contributed by atoms with E-state index >= 15 is 0 Å². The second-order valence-electron chi connectivity index (χ2n) is 3.24. The number of rotatable bonds is 2. The van der Waals surface area contributed by atoms with Crippen LogP contribution in [0.3, 0.4) is 0 Å². The van der Waals surface area contributed by atoms with E-state index in [1.807, 2.05) is 18.2 Å². The fourth-order valence-corrected chi connectivity index (χ4v) is 1.39. The van der Waals surface area contributed by atoms with Gasteiger partial charge in [-0.1, -0.05) is 17.3 Å². The summed E-state index contributed by atoms with van der Waals surface area (Å²) in [5.41, 5.74) is 12.6. The Morgan fingerprint density at radius 3 is 2.62 bits per heavy atom. The van der Waals surface area contributed by atoms with E-state index in [0.29, 0.717) is 17.2 Å². The molecule has 0 fully saturated rings. The average Bonchev–Trinajstić information content (AvgIpc) is 2.78. The lowest BCUT2D eigenvalue weighted by molar-refractivity contribution is 0.317. The van der Waals surface area contributed by atoms with E-state index in [4.69, 9.17) is 21.1 Å². The van der Waals surface area contributed by atoms with E-state index in [0.717, 1.165) is 5.56 Å². The van der Waals surface area contributed by atoms with Gasteiger partial charge >= 0.3 is 0 Å². The van der Waals surface area contributed by atoms with E-state index in [9.17, 15) is 0 Å². The fourth-order valence-electron chi connectivity index (χ4n) is 1.39. The van der Waals surface area contributed by atoms with Crippen LogP contribution in [-0.2, 0) is 0 Å². The van der Waals surface area contributed by atoms with Gasteiger partial charge in [0.1, 0.15) is 5.76 Å². The molecule has 5 heteroatoms. The Morgan fingerprint density at radius 2 is 1.94 bits per heavy atom. The predicted octanol–water partition coefficient (Wildman–Crippen LogP) is 1.62. The van der Waals surface area contributed by atoms with Gasteiger partial charge in [0.2, 0.25) is 5.84 Å². The summed E-state index contributed by atoms with van der Waals surface area (Å²) in [5, 5.41) is 11.4. The number of hydrogen-bond donors (Lipinski definition) is 3. The molecule has 0 aliphatic heterocycles. The minimum Gasteiger partial charge on any atom is -0.453 e. The lowest BCUT2D eigenvalue weighted by atomic mass is 10.1. The average molecular weight is 217 g/mol. The van der Waals surface area contributed by atoms with Gasteiger partial charge in [-0.05, 0) is 24.3 Å². The summed E-state index contributed by atoms with van der Waals surface area (Å²) in [7, 11) is 0. The normalized spacial score (nSPS) is 11.6. The zero-order valence-electron chi connectivity index (χ0n) is 8.42. The molecule has 82 valence electrons. The van der Waals surface area contributed by atoms with Gasteiger partial charge in [-0.3, -0.25) is 0 Å². The number of hydrogen-bond acceptors (Lipinski definition) is 4. The SMILES string of the molecule is NC(=NO)c1ccc(-c2ccccc2N)o1. The molecule has 5 N–H and O–H groups in total. The maximum absolute atomic E-state index is 8.50. The van der Waals surface area contributed by atoms with Crippen LogP contribution >= 0.6 is 0 Å². The van der Waals surface area contributed by atoms with Crippen LogP contribution in [-0.4, -0.2) is 11.0 Å². The molecular weight excluding hydrogens is 206 g/mol. The number of nitrogen functional groups attached to an aromatic ring is 1. The molecule has 16 heavy (non-hydrogen) atoms. The summed E-state index contributed by atoms with van der Waals surface area (Å²) in [4.78, 5) is 0. The Labute approximate surface area is 92.0 Å². The van der Waals surface area contributed by atoms with Crippen LogP contribution in [0.1, 0.15) is 5.76 Å². The van der Waals surface area contributed by atoms with Crippen molar-refractivity contribution < 1.29 is 9.62 Å². The molecular formula is C11H11N3O2. The summed E-state index contributed by atoms with van der Waals surface area (Å²) in [6.07, 6.45) is 0. The summed E-state index contributed by atoms with van der Waals surface area (Å²) in [6, 6.07) is 10.7. The van der Waals surface area contributed by atoms with E-state index in [1.54, 1.807) is 18.2 Å². The van der Waals surface area contributed by atoms with Gasteiger partial charge in [-0.15, -0.1) is 0 Å². The van der Waals surface area contributed by atoms with Gasteiger partial charge < -0.3 is 21.1 Å². The van der Waals surface area contributed by atoms with Crippen molar-refractivity contribution in [2.75, 3.05) is 5.73 Å². The Kier molecular flexibility index (Phi) is 2.51. The molecule has 2 aromatic rings. The molecule has 0 bridgehead atoms. The summed E-state index contributed by atoms with van der Waals surface area (Å²) < 4.78 is 5.41. The highest BCUT2D eigenvalue weighted by molar-refractivity contribution is 5.95. The number of amidine groups is 1. The molecule has 0 aliphatic carbocycles. The van der Waals surface area contributed by atoms with Crippen molar-refractivity contribution in [2.45, 2.75) is 0 Å². The lowest BCUT2D eigenvalue weighted by Crippen LogP contribution is -2.11. The van der Waals surface area contributed by atoms with Crippen LogP contribution in [0.2, 0.25) is 0 Å². The van der Waals surface area contributed by atoms with Crippen molar-refractivity contribution >= 4 is 11.5 Å². The number of nitrogens with two attached hydrogens (primary N) is 2. The van der Waals surface area contributed by atoms with Crippen LogP contribution in [0.15, 0.2) is 46.0 Å². The van der Waals surface area contributed by atoms with Crippen LogP contribution < -0.4 is 11.5 Å². The van der Waals surface area contributed by atoms with Crippen molar-refractivity contribution in [1.29, 1.82) is 0 Å². The topological polar surface area (TPSA) is 97.8 Å². The summed E-state index contributed by atoms with van der Waals surface area (Å²) >= 11 is 0. The Morgan fingerprint density at radius 1 is 1.19 bits per heavy atom. The number of nitrogens with zero attached hydrogens (tertiary/aromatic N) is 1. The number of anilines is 1. The van der Waals surface area contributed by atoms with Crippen LogP contribution in [0.25, 0.3) is 11.3 Å². The minimum absolute atomic E-state index is 0.0687. The highest BCUT2D eigenvalue weighted by atomic mass is 16.4. The maximum atomic E-state index is 8.50. The molecule has 1 aromatic carbocycles. The number of furan rings is 1. The third-order valence-electron chi connectivity index (χ3n) is 2.19. The van der Waals surface area contributed by atoms with E-state index < -0.39 is 0 Å². The largest absolute Gasteiger partial charge is 0.453 e. The van der Waals surface area contributed by atoms with Crippen molar-refractivity contribution in [3.8, 4) is 11.3 Å². The second kappa shape index (κ2) is 3.98. The second-order valence-corrected chi connectivity index (χ2v) is 3.24. The summed E-state index contributed by atoms with van der Waals surface area (Å²) in [5.74, 6) is 0.821. The first-order valence-corrected chi connectivity index (χ1v) is 4.65. The van der Waals surface area contributed by atoms with Crippen LogP contribution in [0.5, 0.6) is 0 Å². The van der Waals surface area contributed by atoms with Gasteiger partial charge in [0.25, 0.3) is 0 Å². The Balaban J connectivity index is 2.43. The standard InChI is InChI=1S/C11H11N3O2/c12-8-4-2-1-3-7(8)9-5-6-10(16-9)11(13)14-15/h1-6,15H,12H2,(H2,13,14). The monoisotopic (exact) mass is 217 g/mol. The maximum Gasteiger partial charge on any atom is 0.205 e.